The van der Waals surface area contributed by atoms with Gasteiger partial charge in [0.1, 0.15) is 0 Å². The summed E-state index contributed by atoms with van der Waals surface area (Å²) in [5, 5.41) is 3.58. The average Bonchev–Trinajstić information content (AvgIpc) is 3.20. The van der Waals surface area contributed by atoms with Crippen LogP contribution in [0.5, 0.6) is 0 Å². The van der Waals surface area contributed by atoms with Crippen LogP contribution in [0.2, 0.25) is 5.02 Å². The van der Waals surface area contributed by atoms with Crippen LogP contribution in [0.4, 0.5) is 0 Å². The number of nitrogens with zero attached hydrogens (tertiary/aromatic N) is 1. The summed E-state index contributed by atoms with van der Waals surface area (Å²) in [6.45, 7) is 0. The van der Waals surface area contributed by atoms with E-state index in [1.165, 1.54) is 4.88 Å². The van der Waals surface area contributed by atoms with Gasteiger partial charge >= 0.3 is 0 Å². The van der Waals surface area contributed by atoms with Gasteiger partial charge in [-0.1, -0.05) is 41.6 Å². The number of amides is 2. The molecule has 1 N–H and O–H groups in total. The first-order valence-electron chi connectivity index (χ1n) is 8.47. The lowest BCUT2D eigenvalue weighted by Crippen LogP contribution is -2.45. The van der Waals surface area contributed by atoms with E-state index in [-0.39, 0.29) is 11.8 Å². The van der Waals surface area contributed by atoms with E-state index in [0.29, 0.717) is 19.8 Å². The standard InChI is InChI=1S/C19H15ClN2O2S3/c20-14-7-3-1-5-11(14)9-16-18(24)22(19(25)27-16)21-17(23)13-10-26-15-8-4-2-6-12(13)15/h1,3,5,7,9-10H,2,4,6,8H2,(H,21,23)/b16-9-. The number of rotatable bonds is 3. The molecule has 2 amide bonds. The van der Waals surface area contributed by atoms with Crippen LogP contribution in [0.3, 0.4) is 0 Å². The number of nitrogens with one attached hydrogen (secondary N) is 1. The third kappa shape index (κ3) is 3.69. The van der Waals surface area contributed by atoms with Gasteiger partial charge in [-0.05, 0) is 61.2 Å². The Morgan fingerprint density at radius 3 is 2.85 bits per heavy atom. The Morgan fingerprint density at radius 2 is 2.04 bits per heavy atom. The fourth-order valence-electron chi connectivity index (χ4n) is 3.14. The number of benzene rings is 1. The molecule has 1 aliphatic carbocycles. The molecule has 2 aliphatic rings. The number of halogens is 1. The largest absolute Gasteiger partial charge is 0.285 e. The van der Waals surface area contributed by atoms with Crippen molar-refractivity contribution in [1.29, 1.82) is 0 Å². The molecule has 4 nitrogen and oxygen atoms in total. The molecule has 0 saturated carbocycles. The van der Waals surface area contributed by atoms with Crippen LogP contribution in [-0.2, 0) is 17.6 Å². The Labute approximate surface area is 175 Å². The zero-order valence-electron chi connectivity index (χ0n) is 14.2. The lowest BCUT2D eigenvalue weighted by molar-refractivity contribution is -0.123. The van der Waals surface area contributed by atoms with Crippen molar-refractivity contribution in [2.24, 2.45) is 0 Å². The maximum atomic E-state index is 12.7. The van der Waals surface area contributed by atoms with Gasteiger partial charge in [-0.15, -0.1) is 11.3 Å². The number of hydrazine groups is 1. The first kappa shape index (κ1) is 18.7. The fraction of sp³-hybridized carbons (Fsp3) is 0.211. The first-order chi connectivity index (χ1) is 13.0. The molecule has 138 valence electrons. The number of fused-ring (bicyclic) bond motifs is 1. The summed E-state index contributed by atoms with van der Waals surface area (Å²) >= 11 is 14.2. The highest BCUT2D eigenvalue weighted by molar-refractivity contribution is 8.26. The van der Waals surface area contributed by atoms with Gasteiger partial charge < -0.3 is 0 Å². The smallest absolute Gasteiger partial charge is 0.267 e. The number of thiophene rings is 1. The second-order valence-electron chi connectivity index (χ2n) is 6.24. The fourth-order valence-corrected chi connectivity index (χ4v) is 5.63. The quantitative estimate of drug-likeness (QED) is 0.555. The minimum Gasteiger partial charge on any atom is -0.267 e. The highest BCUT2D eigenvalue weighted by atomic mass is 35.5. The van der Waals surface area contributed by atoms with Crippen LogP contribution in [0.1, 0.15) is 39.2 Å². The molecule has 1 aromatic heterocycles. The van der Waals surface area contributed by atoms with Crippen molar-refractivity contribution in [3.63, 3.8) is 0 Å². The summed E-state index contributed by atoms with van der Waals surface area (Å²) in [5.74, 6) is -0.632. The average molecular weight is 435 g/mol. The van der Waals surface area contributed by atoms with Crippen LogP contribution >= 0.6 is 46.9 Å². The van der Waals surface area contributed by atoms with E-state index in [9.17, 15) is 9.59 Å². The SMILES string of the molecule is O=C(NN1C(=O)/C(=C/c2ccccc2Cl)SC1=S)c1csc2c1CCCC2. The number of thiocarbonyl (C=S) groups is 1. The van der Waals surface area contributed by atoms with E-state index in [0.717, 1.165) is 53.6 Å². The molecule has 1 saturated heterocycles. The van der Waals surface area contributed by atoms with Crippen molar-refractivity contribution >= 4 is 69.1 Å². The number of thioether (sulfide) groups is 1. The number of carbonyl (C=O) groups excluding carboxylic acids is 2. The molecule has 1 aliphatic heterocycles. The number of hydrogen-bond acceptors (Lipinski definition) is 5. The van der Waals surface area contributed by atoms with Crippen molar-refractivity contribution in [2.75, 3.05) is 0 Å². The minimum atomic E-state index is -0.345. The molecule has 8 heteroatoms. The molecule has 0 bridgehead atoms. The van der Waals surface area contributed by atoms with Gasteiger partial charge in [0.25, 0.3) is 11.8 Å². The van der Waals surface area contributed by atoms with E-state index >= 15 is 0 Å². The number of carbonyl (C=O) groups is 2. The Kier molecular flexibility index (Phi) is 5.36. The van der Waals surface area contributed by atoms with Crippen LogP contribution in [0.25, 0.3) is 6.08 Å². The van der Waals surface area contributed by atoms with Crippen LogP contribution in [0.15, 0.2) is 34.6 Å². The first-order valence-corrected chi connectivity index (χ1v) is 11.0. The summed E-state index contributed by atoms with van der Waals surface area (Å²) in [7, 11) is 0. The Morgan fingerprint density at radius 1 is 1.26 bits per heavy atom. The zero-order valence-corrected chi connectivity index (χ0v) is 17.4. The highest BCUT2D eigenvalue weighted by Crippen LogP contribution is 2.34. The Bertz CT molecular complexity index is 983. The molecule has 4 rings (SSSR count). The molecule has 2 heterocycles. The lowest BCUT2D eigenvalue weighted by Gasteiger charge is -2.17. The van der Waals surface area contributed by atoms with Gasteiger partial charge in [-0.2, -0.15) is 5.01 Å². The minimum absolute atomic E-state index is 0.287. The van der Waals surface area contributed by atoms with Crippen LogP contribution in [0, 0.1) is 0 Å². The van der Waals surface area contributed by atoms with Gasteiger partial charge in [-0.25, -0.2) is 0 Å². The molecule has 1 fully saturated rings. The van der Waals surface area contributed by atoms with E-state index < -0.39 is 0 Å². The molecular weight excluding hydrogens is 420 g/mol. The highest BCUT2D eigenvalue weighted by Gasteiger charge is 2.34. The molecule has 2 aromatic rings. The number of hydrogen-bond donors (Lipinski definition) is 1. The topological polar surface area (TPSA) is 49.4 Å². The van der Waals surface area contributed by atoms with E-state index in [4.69, 9.17) is 23.8 Å². The van der Waals surface area contributed by atoms with Crippen molar-refractivity contribution in [1.82, 2.24) is 10.4 Å². The summed E-state index contributed by atoms with van der Waals surface area (Å²) in [6.07, 6.45) is 5.88. The van der Waals surface area contributed by atoms with E-state index in [1.807, 2.05) is 23.6 Å². The zero-order chi connectivity index (χ0) is 19.0. The molecule has 0 atom stereocenters. The third-order valence-corrected chi connectivity index (χ3v) is 7.24. The van der Waals surface area contributed by atoms with Gasteiger partial charge in [0.15, 0.2) is 4.32 Å². The molecular formula is C19H15ClN2O2S3. The second-order valence-corrected chi connectivity index (χ2v) is 9.28. The molecule has 27 heavy (non-hydrogen) atoms. The Balaban J connectivity index is 1.54. The van der Waals surface area contributed by atoms with Gasteiger partial charge in [0.05, 0.1) is 10.5 Å². The molecule has 0 unspecified atom stereocenters. The van der Waals surface area contributed by atoms with Gasteiger partial charge in [0.2, 0.25) is 0 Å². The molecule has 0 radical (unpaired) electrons. The maximum absolute atomic E-state index is 12.7. The van der Waals surface area contributed by atoms with E-state index in [2.05, 4.69) is 5.43 Å². The molecule has 1 aromatic carbocycles. The van der Waals surface area contributed by atoms with Gasteiger partial charge in [0, 0.05) is 15.3 Å². The lowest BCUT2D eigenvalue weighted by atomic mass is 9.96. The van der Waals surface area contributed by atoms with Gasteiger partial charge in [-0.3, -0.25) is 15.0 Å². The summed E-state index contributed by atoms with van der Waals surface area (Å²) < 4.78 is 0.302. The van der Waals surface area contributed by atoms with Crippen LogP contribution in [-0.4, -0.2) is 21.1 Å². The van der Waals surface area contributed by atoms with E-state index in [1.54, 1.807) is 23.5 Å². The summed E-state index contributed by atoms with van der Waals surface area (Å²) in [6, 6.07) is 7.26. The van der Waals surface area contributed by atoms with Crippen molar-refractivity contribution in [3.8, 4) is 0 Å². The predicted octanol–water partition coefficient (Wildman–Crippen LogP) is 4.83. The monoisotopic (exact) mass is 434 g/mol. The summed E-state index contributed by atoms with van der Waals surface area (Å²) in [5.41, 5.74) is 5.17. The van der Waals surface area contributed by atoms with Crippen molar-refractivity contribution < 1.29 is 9.59 Å². The van der Waals surface area contributed by atoms with Crippen LogP contribution < -0.4 is 5.43 Å². The predicted molar refractivity (Wildman–Crippen MR) is 115 cm³/mol. The number of aryl methyl sites for hydroxylation is 1. The summed E-state index contributed by atoms with van der Waals surface area (Å²) in [4.78, 5) is 27.2. The van der Waals surface area contributed by atoms with Crippen molar-refractivity contribution in [3.05, 3.63) is 61.1 Å². The normalized spacial score (nSPS) is 18.1. The third-order valence-electron chi connectivity index (χ3n) is 4.50. The Hall–Kier alpha value is -1.67. The van der Waals surface area contributed by atoms with Crippen molar-refractivity contribution in [2.45, 2.75) is 25.7 Å². The second kappa shape index (κ2) is 7.75. The maximum Gasteiger partial charge on any atom is 0.285 e. The molecule has 0 spiro atoms.